The first-order valence-electron chi connectivity index (χ1n) is 7.17. The molecule has 0 aliphatic heterocycles. The molecule has 0 unspecified atom stereocenters. The molecule has 0 spiro atoms. The predicted octanol–water partition coefficient (Wildman–Crippen LogP) is 3.43. The monoisotopic (exact) mass is 274 g/mol. The van der Waals surface area contributed by atoms with Gasteiger partial charge in [-0.3, -0.25) is 0 Å². The second-order valence-corrected chi connectivity index (χ2v) is 5.01. The molecule has 2 aromatic rings. The zero-order valence-corrected chi connectivity index (χ0v) is 11.9. The normalized spacial score (nSPS) is 12.6. The summed E-state index contributed by atoms with van der Waals surface area (Å²) in [6, 6.07) is 12.0. The van der Waals surface area contributed by atoms with Gasteiger partial charge < -0.3 is 14.9 Å². The minimum absolute atomic E-state index is 0.229. The van der Waals surface area contributed by atoms with E-state index in [0.29, 0.717) is 6.61 Å². The van der Waals surface area contributed by atoms with Gasteiger partial charge in [-0.15, -0.1) is 0 Å². The minimum atomic E-state index is -0.549. The van der Waals surface area contributed by atoms with Crippen LogP contribution in [0.5, 0.6) is 5.75 Å². The fraction of sp³-hybridized carbons (Fsp3) is 0.412. The summed E-state index contributed by atoms with van der Waals surface area (Å²) < 4.78 is 5.92. The number of rotatable bonds is 7. The van der Waals surface area contributed by atoms with E-state index in [2.05, 4.69) is 0 Å². The third-order valence-electron chi connectivity index (χ3n) is 3.41. The quantitative estimate of drug-likeness (QED) is 0.760. The molecule has 3 nitrogen and oxygen atoms in total. The van der Waals surface area contributed by atoms with E-state index in [4.69, 9.17) is 9.84 Å². The molecule has 1 atom stereocenters. The number of unbranched alkanes of at least 4 members (excludes halogenated alkanes) is 2. The Morgan fingerprint density at radius 2 is 1.85 bits per heavy atom. The highest BCUT2D eigenvalue weighted by molar-refractivity contribution is 5.89. The molecule has 0 aliphatic rings. The Kier molecular flexibility index (Phi) is 5.39. The van der Waals surface area contributed by atoms with Crippen molar-refractivity contribution in [1.29, 1.82) is 0 Å². The van der Waals surface area contributed by atoms with Gasteiger partial charge in [-0.05, 0) is 31.6 Å². The molecule has 20 heavy (non-hydrogen) atoms. The smallest absolute Gasteiger partial charge is 0.132 e. The number of ether oxygens (including phenoxy) is 1. The van der Waals surface area contributed by atoms with Crippen molar-refractivity contribution in [2.24, 2.45) is 0 Å². The number of benzene rings is 2. The first-order valence-corrected chi connectivity index (χ1v) is 7.17. The van der Waals surface area contributed by atoms with Gasteiger partial charge in [0.2, 0.25) is 0 Å². The van der Waals surface area contributed by atoms with Crippen LogP contribution in [0.2, 0.25) is 0 Å². The molecule has 2 rings (SSSR count). The molecule has 0 radical (unpaired) electrons. The third kappa shape index (κ3) is 3.50. The lowest BCUT2D eigenvalue weighted by molar-refractivity contribution is 0.191. The number of hydrogen-bond donors (Lipinski definition) is 2. The topological polar surface area (TPSA) is 49.7 Å². The SMILES string of the molecule is C[C@@H](O)c1ccc2ccccc2c1OCCCCCO. The minimum Gasteiger partial charge on any atom is -0.493 e. The molecule has 0 bridgehead atoms. The lowest BCUT2D eigenvalue weighted by atomic mass is 10.0. The van der Waals surface area contributed by atoms with Gasteiger partial charge in [0.15, 0.2) is 0 Å². The fourth-order valence-electron chi connectivity index (χ4n) is 2.31. The van der Waals surface area contributed by atoms with Crippen LogP contribution in [0.1, 0.15) is 37.9 Å². The van der Waals surface area contributed by atoms with E-state index in [0.717, 1.165) is 41.3 Å². The zero-order valence-electron chi connectivity index (χ0n) is 11.9. The fourth-order valence-corrected chi connectivity index (χ4v) is 2.31. The van der Waals surface area contributed by atoms with Crippen LogP contribution in [-0.4, -0.2) is 23.4 Å². The van der Waals surface area contributed by atoms with Gasteiger partial charge in [0.25, 0.3) is 0 Å². The molecule has 108 valence electrons. The van der Waals surface area contributed by atoms with Crippen LogP contribution in [0, 0.1) is 0 Å². The van der Waals surface area contributed by atoms with Crippen molar-refractivity contribution in [3.63, 3.8) is 0 Å². The Morgan fingerprint density at radius 3 is 2.60 bits per heavy atom. The highest BCUT2D eigenvalue weighted by atomic mass is 16.5. The molecule has 0 aliphatic carbocycles. The molecule has 0 saturated carbocycles. The van der Waals surface area contributed by atoms with Crippen molar-refractivity contribution >= 4 is 10.8 Å². The Labute approximate surface area is 119 Å². The van der Waals surface area contributed by atoms with E-state index < -0.39 is 6.10 Å². The summed E-state index contributed by atoms with van der Waals surface area (Å²) in [4.78, 5) is 0. The van der Waals surface area contributed by atoms with E-state index >= 15 is 0 Å². The van der Waals surface area contributed by atoms with Crippen LogP contribution in [0.25, 0.3) is 10.8 Å². The lowest BCUT2D eigenvalue weighted by Crippen LogP contribution is -2.03. The highest BCUT2D eigenvalue weighted by Crippen LogP contribution is 2.33. The second-order valence-electron chi connectivity index (χ2n) is 5.01. The van der Waals surface area contributed by atoms with Crippen molar-refractivity contribution in [1.82, 2.24) is 0 Å². The van der Waals surface area contributed by atoms with Gasteiger partial charge in [-0.2, -0.15) is 0 Å². The van der Waals surface area contributed by atoms with E-state index in [9.17, 15) is 5.11 Å². The Morgan fingerprint density at radius 1 is 1.05 bits per heavy atom. The van der Waals surface area contributed by atoms with Crippen LogP contribution < -0.4 is 4.74 Å². The number of aliphatic hydroxyl groups excluding tert-OH is 2. The molecule has 2 aromatic carbocycles. The van der Waals surface area contributed by atoms with Crippen LogP contribution in [0.3, 0.4) is 0 Å². The molecule has 0 heterocycles. The summed E-state index contributed by atoms with van der Waals surface area (Å²) in [5.41, 5.74) is 0.825. The zero-order chi connectivity index (χ0) is 14.4. The first-order chi connectivity index (χ1) is 9.74. The summed E-state index contributed by atoms with van der Waals surface area (Å²) in [6.45, 7) is 2.59. The number of fused-ring (bicyclic) bond motifs is 1. The van der Waals surface area contributed by atoms with Crippen LogP contribution in [0.4, 0.5) is 0 Å². The van der Waals surface area contributed by atoms with E-state index in [1.165, 1.54) is 0 Å². The Bertz CT molecular complexity index is 549. The van der Waals surface area contributed by atoms with Gasteiger partial charge in [0.05, 0.1) is 12.7 Å². The first kappa shape index (κ1) is 14.8. The average molecular weight is 274 g/mol. The molecule has 2 N–H and O–H groups in total. The van der Waals surface area contributed by atoms with E-state index in [1.807, 2.05) is 36.4 Å². The van der Waals surface area contributed by atoms with Gasteiger partial charge >= 0.3 is 0 Å². The van der Waals surface area contributed by atoms with Crippen LogP contribution in [-0.2, 0) is 0 Å². The number of aliphatic hydroxyl groups is 2. The second kappa shape index (κ2) is 7.27. The van der Waals surface area contributed by atoms with Gasteiger partial charge in [0.1, 0.15) is 5.75 Å². The Balaban J connectivity index is 2.21. The van der Waals surface area contributed by atoms with Crippen LogP contribution in [0.15, 0.2) is 36.4 Å². The predicted molar refractivity (Wildman–Crippen MR) is 81.0 cm³/mol. The van der Waals surface area contributed by atoms with Gasteiger partial charge in [-0.25, -0.2) is 0 Å². The molecule has 0 saturated heterocycles. The molecular formula is C17H22O3. The van der Waals surface area contributed by atoms with Crippen molar-refractivity contribution < 1.29 is 14.9 Å². The summed E-state index contributed by atoms with van der Waals surface area (Å²) in [6.07, 6.45) is 2.11. The molecular weight excluding hydrogens is 252 g/mol. The Hall–Kier alpha value is -1.58. The molecule has 3 heteroatoms. The van der Waals surface area contributed by atoms with Crippen molar-refractivity contribution in [2.45, 2.75) is 32.3 Å². The largest absolute Gasteiger partial charge is 0.493 e. The summed E-state index contributed by atoms with van der Waals surface area (Å²) in [7, 11) is 0. The van der Waals surface area contributed by atoms with Crippen molar-refractivity contribution in [3.8, 4) is 5.75 Å². The standard InChI is InChI=1S/C17H22O3/c1-13(19)15-10-9-14-7-3-4-8-16(14)17(15)20-12-6-2-5-11-18/h3-4,7-10,13,18-19H,2,5-6,11-12H2,1H3/t13-/m1/s1. The highest BCUT2D eigenvalue weighted by Gasteiger charge is 2.12. The lowest BCUT2D eigenvalue weighted by Gasteiger charge is -2.16. The number of hydrogen-bond acceptors (Lipinski definition) is 3. The summed E-state index contributed by atoms with van der Waals surface area (Å²) in [5, 5.41) is 20.8. The van der Waals surface area contributed by atoms with Crippen molar-refractivity contribution in [3.05, 3.63) is 42.0 Å². The maximum Gasteiger partial charge on any atom is 0.132 e. The van der Waals surface area contributed by atoms with Gasteiger partial charge in [-0.1, -0.05) is 36.4 Å². The maximum atomic E-state index is 9.89. The summed E-state index contributed by atoms with van der Waals surface area (Å²) in [5.74, 6) is 0.780. The third-order valence-corrected chi connectivity index (χ3v) is 3.41. The average Bonchev–Trinajstić information content (AvgIpc) is 2.46. The molecule has 0 amide bonds. The van der Waals surface area contributed by atoms with E-state index in [-0.39, 0.29) is 6.61 Å². The maximum absolute atomic E-state index is 9.89. The summed E-state index contributed by atoms with van der Waals surface area (Å²) >= 11 is 0. The van der Waals surface area contributed by atoms with E-state index in [1.54, 1.807) is 6.92 Å². The van der Waals surface area contributed by atoms with Crippen molar-refractivity contribution in [2.75, 3.05) is 13.2 Å². The molecule has 0 aromatic heterocycles. The van der Waals surface area contributed by atoms with Gasteiger partial charge in [0, 0.05) is 17.6 Å². The molecule has 0 fully saturated rings. The van der Waals surface area contributed by atoms with Crippen LogP contribution >= 0.6 is 0 Å².